The molecule has 1 aromatic heterocycles. The molecule has 3 aromatic carbocycles. The molecule has 0 aliphatic carbocycles. The lowest BCUT2D eigenvalue weighted by molar-refractivity contribution is 0.102. The van der Waals surface area contributed by atoms with E-state index in [9.17, 15) is 4.79 Å². The highest BCUT2D eigenvalue weighted by Crippen LogP contribution is 2.20. The number of benzene rings is 3. The summed E-state index contributed by atoms with van der Waals surface area (Å²) in [5.74, 6) is 1.36. The third-order valence-electron chi connectivity index (χ3n) is 4.76. The smallest absolute Gasteiger partial charge is 0.255 e. The molecule has 0 saturated carbocycles. The molecule has 32 heavy (non-hydrogen) atoms. The first-order valence-electron chi connectivity index (χ1n) is 10.0. The van der Waals surface area contributed by atoms with Crippen molar-refractivity contribution in [1.82, 2.24) is 9.78 Å². The van der Waals surface area contributed by atoms with Gasteiger partial charge in [0.25, 0.3) is 5.91 Å². The standard InChI is InChI=1S/C25H22BrN3O3/c1-31-23-9-3-5-18(12-23)15-29-16-22(14-27-29)28-25(30)20-7-2-6-19(11-20)17-32-24-10-4-8-21(26)13-24/h2-14,16H,15,17H2,1H3,(H,28,30). The van der Waals surface area contributed by atoms with E-state index in [1.165, 1.54) is 0 Å². The number of rotatable bonds is 8. The zero-order valence-electron chi connectivity index (χ0n) is 17.5. The van der Waals surface area contributed by atoms with Crippen LogP contribution in [0.3, 0.4) is 0 Å². The van der Waals surface area contributed by atoms with Gasteiger partial charge in [0.15, 0.2) is 0 Å². The molecule has 0 radical (unpaired) electrons. The second-order valence-electron chi connectivity index (χ2n) is 7.18. The van der Waals surface area contributed by atoms with Crippen molar-refractivity contribution < 1.29 is 14.3 Å². The van der Waals surface area contributed by atoms with Crippen molar-refractivity contribution in [2.45, 2.75) is 13.2 Å². The summed E-state index contributed by atoms with van der Waals surface area (Å²) in [4.78, 5) is 12.7. The molecule has 0 spiro atoms. The topological polar surface area (TPSA) is 65.4 Å². The molecule has 4 aromatic rings. The summed E-state index contributed by atoms with van der Waals surface area (Å²) >= 11 is 3.43. The molecule has 0 bridgehead atoms. The summed E-state index contributed by atoms with van der Waals surface area (Å²) in [6.45, 7) is 0.950. The molecular weight excluding hydrogens is 470 g/mol. The Labute approximate surface area is 194 Å². The van der Waals surface area contributed by atoms with Gasteiger partial charge in [0.2, 0.25) is 0 Å². The van der Waals surface area contributed by atoms with E-state index in [-0.39, 0.29) is 5.91 Å². The van der Waals surface area contributed by atoms with Crippen LogP contribution in [0.15, 0.2) is 89.7 Å². The minimum absolute atomic E-state index is 0.199. The van der Waals surface area contributed by atoms with E-state index < -0.39 is 0 Å². The van der Waals surface area contributed by atoms with E-state index in [1.54, 1.807) is 30.3 Å². The summed E-state index contributed by atoms with van der Waals surface area (Å²) in [7, 11) is 1.64. The SMILES string of the molecule is COc1cccc(Cn2cc(NC(=O)c3cccc(COc4cccc(Br)c4)c3)cn2)c1. The van der Waals surface area contributed by atoms with Crippen molar-refractivity contribution in [3.05, 3.63) is 106 Å². The van der Waals surface area contributed by atoms with Crippen LogP contribution in [0.4, 0.5) is 5.69 Å². The lowest BCUT2D eigenvalue weighted by atomic mass is 10.1. The van der Waals surface area contributed by atoms with Crippen LogP contribution in [0.2, 0.25) is 0 Å². The van der Waals surface area contributed by atoms with Gasteiger partial charge in [-0.2, -0.15) is 5.10 Å². The minimum Gasteiger partial charge on any atom is -0.497 e. The first kappa shape index (κ1) is 21.6. The molecule has 4 rings (SSSR count). The monoisotopic (exact) mass is 491 g/mol. The summed E-state index contributed by atoms with van der Waals surface area (Å²) < 4.78 is 13.8. The van der Waals surface area contributed by atoms with Crippen LogP contribution in [-0.4, -0.2) is 22.8 Å². The second-order valence-corrected chi connectivity index (χ2v) is 8.09. The summed E-state index contributed by atoms with van der Waals surface area (Å²) in [5.41, 5.74) is 3.16. The highest BCUT2D eigenvalue weighted by molar-refractivity contribution is 9.10. The second kappa shape index (κ2) is 10.2. The molecule has 1 N–H and O–H groups in total. The Kier molecular flexibility index (Phi) is 6.87. The number of halogens is 1. The Hall–Kier alpha value is -3.58. The molecule has 0 saturated heterocycles. The van der Waals surface area contributed by atoms with Crippen LogP contribution in [0.1, 0.15) is 21.5 Å². The number of carbonyl (C=O) groups excluding carboxylic acids is 1. The van der Waals surface area contributed by atoms with Gasteiger partial charge in [0.05, 0.1) is 25.5 Å². The van der Waals surface area contributed by atoms with Crippen LogP contribution in [-0.2, 0) is 13.2 Å². The molecule has 0 unspecified atom stereocenters. The van der Waals surface area contributed by atoms with Gasteiger partial charge in [-0.05, 0) is 53.6 Å². The van der Waals surface area contributed by atoms with Gasteiger partial charge < -0.3 is 14.8 Å². The van der Waals surface area contributed by atoms with Crippen LogP contribution in [0.25, 0.3) is 0 Å². The molecule has 1 heterocycles. The van der Waals surface area contributed by atoms with Crippen LogP contribution in [0, 0.1) is 0 Å². The molecular formula is C25H22BrN3O3. The lowest BCUT2D eigenvalue weighted by Gasteiger charge is -2.08. The fourth-order valence-corrected chi connectivity index (χ4v) is 3.58. The fraction of sp³-hybridized carbons (Fsp3) is 0.120. The predicted molar refractivity (Wildman–Crippen MR) is 127 cm³/mol. The van der Waals surface area contributed by atoms with E-state index in [0.717, 1.165) is 27.1 Å². The third kappa shape index (κ3) is 5.76. The van der Waals surface area contributed by atoms with E-state index in [4.69, 9.17) is 9.47 Å². The van der Waals surface area contributed by atoms with Gasteiger partial charge in [-0.1, -0.05) is 46.3 Å². The average molecular weight is 492 g/mol. The molecule has 0 atom stereocenters. The number of aromatic nitrogens is 2. The maximum absolute atomic E-state index is 12.7. The van der Waals surface area contributed by atoms with Crippen molar-refractivity contribution in [2.24, 2.45) is 0 Å². The molecule has 0 aliphatic rings. The van der Waals surface area contributed by atoms with Crippen LogP contribution >= 0.6 is 15.9 Å². The highest BCUT2D eigenvalue weighted by Gasteiger charge is 2.09. The van der Waals surface area contributed by atoms with Gasteiger partial charge in [0, 0.05) is 16.2 Å². The molecule has 7 heteroatoms. The Morgan fingerprint density at radius 3 is 2.62 bits per heavy atom. The summed E-state index contributed by atoms with van der Waals surface area (Å²) in [6.07, 6.45) is 3.44. The lowest BCUT2D eigenvalue weighted by Crippen LogP contribution is -2.12. The number of amides is 1. The normalized spacial score (nSPS) is 10.6. The Bertz CT molecular complexity index is 1220. The maximum atomic E-state index is 12.7. The van der Waals surface area contributed by atoms with Crippen molar-refractivity contribution in [3.63, 3.8) is 0 Å². The number of methoxy groups -OCH3 is 1. The van der Waals surface area contributed by atoms with E-state index in [1.807, 2.05) is 66.7 Å². The number of hydrogen-bond acceptors (Lipinski definition) is 4. The largest absolute Gasteiger partial charge is 0.497 e. The quantitative estimate of drug-likeness (QED) is 0.351. The minimum atomic E-state index is -0.199. The molecule has 1 amide bonds. The maximum Gasteiger partial charge on any atom is 0.255 e. The van der Waals surface area contributed by atoms with Gasteiger partial charge in [-0.15, -0.1) is 0 Å². The average Bonchev–Trinajstić information content (AvgIpc) is 3.24. The summed E-state index contributed by atoms with van der Waals surface area (Å²) in [5, 5.41) is 7.24. The number of nitrogens with one attached hydrogen (secondary N) is 1. The van der Waals surface area contributed by atoms with E-state index in [2.05, 4.69) is 26.3 Å². The number of anilines is 1. The van der Waals surface area contributed by atoms with Gasteiger partial charge in [0.1, 0.15) is 18.1 Å². The highest BCUT2D eigenvalue weighted by atomic mass is 79.9. The van der Waals surface area contributed by atoms with Gasteiger partial charge in [-0.25, -0.2) is 0 Å². The van der Waals surface area contributed by atoms with Crippen molar-refractivity contribution in [2.75, 3.05) is 12.4 Å². The molecule has 0 fully saturated rings. The van der Waals surface area contributed by atoms with Gasteiger partial charge in [-0.3, -0.25) is 9.48 Å². The number of hydrogen-bond donors (Lipinski definition) is 1. The first-order chi connectivity index (χ1) is 15.6. The zero-order chi connectivity index (χ0) is 22.3. The third-order valence-corrected chi connectivity index (χ3v) is 5.25. The first-order valence-corrected chi connectivity index (χ1v) is 10.8. The Morgan fingerprint density at radius 1 is 1.00 bits per heavy atom. The fourth-order valence-electron chi connectivity index (χ4n) is 3.20. The predicted octanol–water partition coefficient (Wildman–Crippen LogP) is 5.53. The van der Waals surface area contributed by atoms with E-state index in [0.29, 0.717) is 24.4 Å². The molecule has 6 nitrogen and oxygen atoms in total. The van der Waals surface area contributed by atoms with Crippen molar-refractivity contribution in [3.8, 4) is 11.5 Å². The Balaban J connectivity index is 1.37. The Morgan fingerprint density at radius 2 is 1.78 bits per heavy atom. The zero-order valence-corrected chi connectivity index (χ0v) is 19.1. The molecule has 0 aliphatic heterocycles. The molecule has 162 valence electrons. The van der Waals surface area contributed by atoms with Crippen LogP contribution in [0.5, 0.6) is 11.5 Å². The van der Waals surface area contributed by atoms with Crippen molar-refractivity contribution in [1.29, 1.82) is 0 Å². The van der Waals surface area contributed by atoms with E-state index >= 15 is 0 Å². The number of nitrogens with zero attached hydrogens (tertiary/aromatic N) is 2. The number of ether oxygens (including phenoxy) is 2. The number of carbonyl (C=O) groups is 1. The van der Waals surface area contributed by atoms with Crippen molar-refractivity contribution >= 4 is 27.5 Å². The van der Waals surface area contributed by atoms with Gasteiger partial charge >= 0.3 is 0 Å². The van der Waals surface area contributed by atoms with Crippen LogP contribution < -0.4 is 14.8 Å². The summed E-state index contributed by atoms with van der Waals surface area (Å²) in [6, 6.07) is 22.8.